The lowest BCUT2D eigenvalue weighted by molar-refractivity contribution is -0.194. The van der Waals surface area contributed by atoms with E-state index < -0.39 is 5.76 Å². The smallest absolute Gasteiger partial charge is 0.393 e. The lowest BCUT2D eigenvalue weighted by atomic mass is 9.41. The van der Waals surface area contributed by atoms with Crippen molar-refractivity contribution in [3.05, 3.63) is 16.4 Å². The van der Waals surface area contributed by atoms with Crippen molar-refractivity contribution in [1.82, 2.24) is 10.1 Å². The predicted octanol–water partition coefficient (Wildman–Crippen LogP) is 4.31. The highest BCUT2D eigenvalue weighted by Gasteiger charge is 2.64. The largest absolute Gasteiger partial charge is 0.438 e. The van der Waals surface area contributed by atoms with Crippen molar-refractivity contribution in [2.75, 3.05) is 0 Å². The second-order valence-corrected chi connectivity index (χ2v) is 12.2. The molecule has 180 valence electrons. The van der Waals surface area contributed by atoms with Gasteiger partial charge in [-0.15, -0.1) is 0 Å². The molecule has 0 aromatic carbocycles. The van der Waals surface area contributed by atoms with Gasteiger partial charge in [-0.25, -0.2) is 4.79 Å². The normalized spacial score (nSPS) is 48.2. The molecule has 4 aliphatic rings. The van der Waals surface area contributed by atoms with Gasteiger partial charge in [-0.2, -0.15) is 0 Å². The zero-order valence-electron chi connectivity index (χ0n) is 20.1. The van der Waals surface area contributed by atoms with E-state index in [-0.39, 0.29) is 23.0 Å². The summed E-state index contributed by atoms with van der Waals surface area (Å²) in [5, 5.41) is 25.9. The Bertz CT molecular complexity index is 866. The molecule has 5 rings (SSSR count). The maximum absolute atomic E-state index is 11.6. The monoisotopic (exact) mass is 446 g/mol. The third-order valence-electron chi connectivity index (χ3n) is 10.9. The summed E-state index contributed by atoms with van der Waals surface area (Å²) < 4.78 is 4.64. The van der Waals surface area contributed by atoms with Crippen molar-refractivity contribution >= 4 is 0 Å². The molecule has 1 heterocycles. The van der Waals surface area contributed by atoms with Crippen LogP contribution in [-0.4, -0.2) is 32.6 Å². The van der Waals surface area contributed by atoms with E-state index in [1.54, 1.807) is 0 Å². The molecule has 0 amide bonds. The number of hydrogen-bond acceptors (Lipinski definition) is 5. The molecular weight excluding hydrogens is 404 g/mol. The first-order valence-corrected chi connectivity index (χ1v) is 13.2. The van der Waals surface area contributed by atoms with E-state index in [0.29, 0.717) is 41.3 Å². The third kappa shape index (κ3) is 3.51. The number of fused-ring (bicyclic) bond motifs is 5. The van der Waals surface area contributed by atoms with Crippen LogP contribution < -0.4 is 5.76 Å². The molecule has 4 saturated carbocycles. The van der Waals surface area contributed by atoms with Gasteiger partial charge in [0.2, 0.25) is 0 Å². The van der Waals surface area contributed by atoms with Crippen molar-refractivity contribution in [2.24, 2.45) is 46.3 Å². The molecule has 0 spiro atoms. The van der Waals surface area contributed by atoms with Crippen molar-refractivity contribution in [1.29, 1.82) is 0 Å². The topological polar surface area (TPSA) is 99.4 Å². The Balaban J connectivity index is 1.34. The molecule has 32 heavy (non-hydrogen) atoms. The Kier molecular flexibility index (Phi) is 5.85. The quantitative estimate of drug-likeness (QED) is 0.626. The van der Waals surface area contributed by atoms with Crippen LogP contribution in [0.5, 0.6) is 0 Å². The van der Waals surface area contributed by atoms with Gasteiger partial charge < -0.3 is 10.2 Å². The number of nitrogens with one attached hydrogen (secondary N) is 1. The lowest BCUT2D eigenvalue weighted by Gasteiger charge is -2.64. The van der Waals surface area contributed by atoms with E-state index in [4.69, 9.17) is 0 Å². The second-order valence-electron chi connectivity index (χ2n) is 12.2. The zero-order chi connectivity index (χ0) is 22.7. The first-order chi connectivity index (χ1) is 15.3. The number of aromatic amines is 1. The van der Waals surface area contributed by atoms with Gasteiger partial charge in [-0.05, 0) is 104 Å². The average Bonchev–Trinajstić information content (AvgIpc) is 3.30. The van der Waals surface area contributed by atoms with Crippen molar-refractivity contribution < 1.29 is 14.7 Å². The van der Waals surface area contributed by atoms with Crippen LogP contribution in [0.3, 0.4) is 0 Å². The minimum absolute atomic E-state index is 0.153. The molecule has 6 heteroatoms. The fourth-order valence-electron chi connectivity index (χ4n) is 9.53. The Morgan fingerprint density at radius 3 is 2.66 bits per heavy atom. The van der Waals surface area contributed by atoms with Gasteiger partial charge in [0.25, 0.3) is 0 Å². The molecule has 1 aromatic heterocycles. The summed E-state index contributed by atoms with van der Waals surface area (Å²) in [7, 11) is 0. The molecule has 10 atom stereocenters. The average molecular weight is 447 g/mol. The number of aryl methyl sites for hydroxylation is 1. The minimum Gasteiger partial charge on any atom is -0.393 e. The van der Waals surface area contributed by atoms with E-state index >= 15 is 0 Å². The second kappa shape index (κ2) is 8.26. The molecule has 0 radical (unpaired) electrons. The van der Waals surface area contributed by atoms with Crippen LogP contribution in [0.15, 0.2) is 9.32 Å². The summed E-state index contributed by atoms with van der Waals surface area (Å²) in [5.74, 6) is 3.73. The molecule has 1 aromatic rings. The number of aromatic nitrogens is 2. The molecule has 4 unspecified atom stereocenters. The Hall–Kier alpha value is -1.14. The number of hydrogen-bond donors (Lipinski definition) is 3. The van der Waals surface area contributed by atoms with Crippen LogP contribution in [0.4, 0.5) is 0 Å². The summed E-state index contributed by atoms with van der Waals surface area (Å²) in [4.78, 5) is 13.9. The van der Waals surface area contributed by atoms with E-state index in [9.17, 15) is 15.0 Å². The summed E-state index contributed by atoms with van der Waals surface area (Å²) in [5.41, 5.74) is 0.369. The lowest BCUT2D eigenvalue weighted by Crippen LogP contribution is -2.61. The number of H-pyrrole nitrogens is 1. The van der Waals surface area contributed by atoms with Gasteiger partial charge in [0, 0.05) is 6.42 Å². The molecule has 4 aliphatic carbocycles. The van der Waals surface area contributed by atoms with Crippen molar-refractivity contribution in [3.8, 4) is 0 Å². The SMILES string of the molecule is CC[C@H]1CC2C([C@@H](O)C[C@@]3(C)C2CC[C@@H]3CCCc2noc(=O)[nH]2)[C@@]2(C)CC[C@@H](O)CC12. The summed E-state index contributed by atoms with van der Waals surface area (Å²) >= 11 is 0. The van der Waals surface area contributed by atoms with Crippen LogP contribution >= 0.6 is 0 Å². The number of rotatable bonds is 5. The number of aliphatic hydroxyl groups is 2. The minimum atomic E-state index is -0.473. The van der Waals surface area contributed by atoms with Crippen molar-refractivity contribution in [3.63, 3.8) is 0 Å². The van der Waals surface area contributed by atoms with Crippen LogP contribution in [0.2, 0.25) is 0 Å². The Morgan fingerprint density at radius 1 is 1.12 bits per heavy atom. The van der Waals surface area contributed by atoms with E-state index in [1.807, 2.05) is 0 Å². The Labute approximate surface area is 191 Å². The summed E-state index contributed by atoms with van der Waals surface area (Å²) in [6, 6.07) is 0. The Morgan fingerprint density at radius 2 is 1.94 bits per heavy atom. The standard InChI is InChI=1S/C26H42N2O4/c1-4-15-12-18-19-9-8-16(6-5-7-22-27-24(31)32-28-22)26(19,3)14-21(30)23(18)25(2)11-10-17(29)13-20(15)25/h15-21,23,29-30H,4-14H2,1-3H3,(H,27,28,31)/t15-,16-,17+,18?,19?,20?,21-,23?,25-,26+/m0/s1. The molecule has 4 fully saturated rings. The van der Waals surface area contributed by atoms with Crippen LogP contribution in [0, 0.1) is 46.3 Å². The highest BCUT2D eigenvalue weighted by Crippen LogP contribution is 2.69. The summed E-state index contributed by atoms with van der Waals surface area (Å²) in [6.07, 6.45) is 11.3. The van der Waals surface area contributed by atoms with Gasteiger partial charge in [-0.3, -0.25) is 9.51 Å². The zero-order valence-corrected chi connectivity index (χ0v) is 20.1. The van der Waals surface area contributed by atoms with E-state index in [0.717, 1.165) is 44.9 Å². The first kappa shape index (κ1) is 22.6. The highest BCUT2D eigenvalue weighted by atomic mass is 16.5. The van der Waals surface area contributed by atoms with Gasteiger partial charge in [-0.1, -0.05) is 32.3 Å². The molecule has 3 N–H and O–H groups in total. The highest BCUT2D eigenvalue weighted by molar-refractivity contribution is 5.13. The van der Waals surface area contributed by atoms with E-state index in [2.05, 4.69) is 35.4 Å². The van der Waals surface area contributed by atoms with Crippen molar-refractivity contribution in [2.45, 2.75) is 104 Å². The van der Waals surface area contributed by atoms with Gasteiger partial charge >= 0.3 is 5.76 Å². The number of nitrogens with zero attached hydrogens (tertiary/aromatic N) is 1. The van der Waals surface area contributed by atoms with Crippen LogP contribution in [-0.2, 0) is 6.42 Å². The fourth-order valence-corrected chi connectivity index (χ4v) is 9.53. The predicted molar refractivity (Wildman–Crippen MR) is 122 cm³/mol. The maximum atomic E-state index is 11.6. The van der Waals surface area contributed by atoms with Gasteiger partial charge in [0.15, 0.2) is 5.82 Å². The summed E-state index contributed by atoms with van der Waals surface area (Å²) in [6.45, 7) is 7.25. The molecule has 0 bridgehead atoms. The van der Waals surface area contributed by atoms with E-state index in [1.165, 1.54) is 25.7 Å². The van der Waals surface area contributed by atoms with Crippen LogP contribution in [0.1, 0.15) is 90.8 Å². The van der Waals surface area contributed by atoms with Gasteiger partial charge in [0.1, 0.15) is 0 Å². The maximum Gasteiger partial charge on any atom is 0.438 e. The molecule has 0 aliphatic heterocycles. The van der Waals surface area contributed by atoms with Gasteiger partial charge in [0.05, 0.1) is 12.2 Å². The molecule has 0 saturated heterocycles. The third-order valence-corrected chi connectivity index (χ3v) is 10.9. The van der Waals surface area contributed by atoms with Crippen LogP contribution in [0.25, 0.3) is 0 Å². The fraction of sp³-hybridized carbons (Fsp3) is 0.923. The molecular formula is C26H42N2O4. The molecule has 6 nitrogen and oxygen atoms in total. The number of aliphatic hydroxyl groups excluding tert-OH is 2. The first-order valence-electron chi connectivity index (χ1n) is 13.2.